The van der Waals surface area contributed by atoms with Gasteiger partial charge in [0.15, 0.2) is 11.5 Å². The van der Waals surface area contributed by atoms with Gasteiger partial charge in [0, 0.05) is 16.8 Å². The van der Waals surface area contributed by atoms with Gasteiger partial charge >= 0.3 is 5.76 Å². The minimum Gasteiger partial charge on any atom is -0.436 e. The van der Waals surface area contributed by atoms with Gasteiger partial charge in [-0.3, -0.25) is 19.1 Å². The smallest absolute Gasteiger partial charge is 0.436 e. The molecule has 0 aliphatic carbocycles. The van der Waals surface area contributed by atoms with Gasteiger partial charge in [-0.25, -0.2) is 9.79 Å². The van der Waals surface area contributed by atoms with Crippen molar-refractivity contribution >= 4 is 46.5 Å². The number of fused-ring (bicyclic) bond motifs is 1. The van der Waals surface area contributed by atoms with Crippen LogP contribution in [0.1, 0.15) is 26.5 Å². The number of carbonyl (C=O) groups excluding carboxylic acids is 2. The molecule has 0 atom stereocenters. The summed E-state index contributed by atoms with van der Waals surface area (Å²) in [6, 6.07) is 9.70. The van der Waals surface area contributed by atoms with Gasteiger partial charge in [-0.2, -0.15) is 0 Å². The van der Waals surface area contributed by atoms with Gasteiger partial charge in [0.2, 0.25) is 11.7 Å². The van der Waals surface area contributed by atoms with E-state index in [0.29, 0.717) is 11.1 Å². The van der Waals surface area contributed by atoms with Gasteiger partial charge in [-0.1, -0.05) is 41.4 Å². The average Bonchev–Trinajstić information content (AvgIpc) is 3.13. The number of anilines is 1. The second kappa shape index (κ2) is 7.53. The maximum absolute atomic E-state index is 12.0. The molecule has 1 amide bonds. The Morgan fingerprint density at radius 3 is 2.48 bits per heavy atom. The molecule has 0 unspecified atom stereocenters. The summed E-state index contributed by atoms with van der Waals surface area (Å²) in [5, 5.41) is 5.96. The molecule has 4 rings (SSSR count). The number of ether oxygens (including phenoxy) is 1. The number of Topliss-reactive ketones (excluding diaryl/α,β-unsaturated/α-hetero) is 1. The van der Waals surface area contributed by atoms with Crippen LogP contribution >= 0.6 is 23.2 Å². The first kappa shape index (κ1) is 18.9. The Hall–Kier alpha value is -3.43. The summed E-state index contributed by atoms with van der Waals surface area (Å²) in [6.07, 6.45) is 0. The molecule has 9 nitrogen and oxygen atoms in total. The molecule has 0 saturated carbocycles. The molecule has 0 fully saturated rings. The SMILES string of the molecule is O=C(Nc1cc(Cl)c(OC2=NCC(=O)c3ccccc32)c(Cl)c1)c1noc(=O)[nH]1. The first-order valence-corrected chi connectivity index (χ1v) is 8.89. The highest BCUT2D eigenvalue weighted by molar-refractivity contribution is 6.38. The van der Waals surface area contributed by atoms with Crippen molar-refractivity contribution in [2.75, 3.05) is 11.9 Å². The molecule has 2 aromatic carbocycles. The van der Waals surface area contributed by atoms with Gasteiger partial charge in [-0.15, -0.1) is 0 Å². The van der Waals surface area contributed by atoms with E-state index in [9.17, 15) is 14.4 Å². The molecule has 0 radical (unpaired) electrons. The molecule has 1 aliphatic rings. The number of rotatable bonds is 3. The quantitative estimate of drug-likeness (QED) is 0.654. The van der Waals surface area contributed by atoms with Crippen LogP contribution in [0, 0.1) is 0 Å². The number of carbonyl (C=O) groups is 2. The maximum Gasteiger partial charge on any atom is 0.439 e. The number of benzene rings is 2. The normalized spacial score (nSPS) is 12.9. The van der Waals surface area contributed by atoms with Crippen LogP contribution in [0.25, 0.3) is 0 Å². The number of halogens is 2. The van der Waals surface area contributed by atoms with Crippen molar-refractivity contribution in [3.63, 3.8) is 0 Å². The third-order valence-electron chi connectivity index (χ3n) is 3.93. The van der Waals surface area contributed by atoms with Gasteiger partial charge in [0.25, 0.3) is 5.91 Å². The zero-order valence-corrected chi connectivity index (χ0v) is 15.9. The van der Waals surface area contributed by atoms with Crippen LogP contribution in [0.2, 0.25) is 10.0 Å². The molecule has 2 heterocycles. The maximum atomic E-state index is 12.0. The summed E-state index contributed by atoms with van der Waals surface area (Å²) in [5.74, 6) is -1.68. The van der Waals surface area contributed by atoms with E-state index in [4.69, 9.17) is 27.9 Å². The minimum atomic E-state index is -0.859. The molecule has 0 saturated heterocycles. The minimum absolute atomic E-state index is 0.0500. The molecule has 11 heteroatoms. The highest BCUT2D eigenvalue weighted by Crippen LogP contribution is 2.37. The van der Waals surface area contributed by atoms with Crippen molar-refractivity contribution < 1.29 is 18.8 Å². The number of nitrogens with zero attached hydrogens (tertiary/aromatic N) is 2. The largest absolute Gasteiger partial charge is 0.439 e. The average molecular weight is 433 g/mol. The molecule has 29 heavy (non-hydrogen) atoms. The highest BCUT2D eigenvalue weighted by atomic mass is 35.5. The predicted molar refractivity (Wildman–Crippen MR) is 104 cm³/mol. The lowest BCUT2D eigenvalue weighted by molar-refractivity contribution is 0.0995. The molecule has 3 aromatic rings. The summed E-state index contributed by atoms with van der Waals surface area (Å²) in [5.41, 5.74) is 1.26. The third kappa shape index (κ3) is 3.78. The fourth-order valence-electron chi connectivity index (χ4n) is 2.66. The number of ketones is 1. The lowest BCUT2D eigenvalue weighted by Gasteiger charge is -2.18. The van der Waals surface area contributed by atoms with E-state index < -0.39 is 11.7 Å². The predicted octanol–water partition coefficient (Wildman–Crippen LogP) is 2.94. The Labute approximate surface area is 172 Å². The van der Waals surface area contributed by atoms with Crippen molar-refractivity contribution in [2.24, 2.45) is 4.99 Å². The summed E-state index contributed by atoms with van der Waals surface area (Å²) in [4.78, 5) is 41.3. The zero-order valence-electron chi connectivity index (χ0n) is 14.4. The van der Waals surface area contributed by atoms with Crippen molar-refractivity contribution in [3.05, 3.63) is 73.9 Å². The lowest BCUT2D eigenvalue weighted by Crippen LogP contribution is -2.23. The zero-order chi connectivity index (χ0) is 20.5. The van der Waals surface area contributed by atoms with Crippen molar-refractivity contribution in [1.29, 1.82) is 0 Å². The summed E-state index contributed by atoms with van der Waals surface area (Å²) < 4.78 is 10.1. The molecule has 0 spiro atoms. The first-order chi connectivity index (χ1) is 13.9. The lowest BCUT2D eigenvalue weighted by atomic mass is 10.0. The van der Waals surface area contributed by atoms with Crippen molar-refractivity contribution in [1.82, 2.24) is 10.1 Å². The Morgan fingerprint density at radius 2 is 1.83 bits per heavy atom. The molecule has 1 aromatic heterocycles. The van der Waals surface area contributed by atoms with Crippen LogP contribution in [0.15, 0.2) is 50.7 Å². The number of H-pyrrole nitrogens is 1. The summed E-state index contributed by atoms with van der Waals surface area (Å²) >= 11 is 12.5. The van der Waals surface area contributed by atoms with Gasteiger partial charge in [-0.05, 0) is 23.4 Å². The van der Waals surface area contributed by atoms with Crippen LogP contribution in [0.3, 0.4) is 0 Å². The Morgan fingerprint density at radius 1 is 1.14 bits per heavy atom. The Balaban J connectivity index is 1.59. The number of hydrogen-bond acceptors (Lipinski definition) is 7. The van der Waals surface area contributed by atoms with E-state index in [1.807, 2.05) is 0 Å². The fourth-order valence-corrected chi connectivity index (χ4v) is 3.22. The van der Waals surface area contributed by atoms with Crippen LogP contribution in [-0.4, -0.2) is 34.3 Å². The summed E-state index contributed by atoms with van der Waals surface area (Å²) in [6.45, 7) is -0.0500. The van der Waals surface area contributed by atoms with E-state index in [1.54, 1.807) is 24.3 Å². The van der Waals surface area contributed by atoms with Crippen LogP contribution in [0.5, 0.6) is 5.75 Å². The van der Waals surface area contributed by atoms with Crippen molar-refractivity contribution in [2.45, 2.75) is 0 Å². The molecular formula is C18H10Cl2N4O5. The van der Waals surface area contributed by atoms with E-state index in [2.05, 4.69) is 25.0 Å². The second-order valence-corrected chi connectivity index (χ2v) is 6.67. The fraction of sp³-hybridized carbons (Fsp3) is 0.0556. The number of aliphatic imine (C=N–C) groups is 1. The number of nitrogens with one attached hydrogen (secondary N) is 2. The van der Waals surface area contributed by atoms with Gasteiger partial charge < -0.3 is 10.1 Å². The van der Waals surface area contributed by atoms with Crippen LogP contribution in [0.4, 0.5) is 5.69 Å². The molecular weight excluding hydrogens is 423 g/mol. The Bertz CT molecular complexity index is 1210. The standard InChI is InChI=1S/C18H10Cl2N4O5/c19-11-5-8(22-16(26)15-23-18(27)29-24-15)6-12(20)14(11)28-17-10-4-2-1-3-9(10)13(25)7-21-17/h1-6H,7H2,(H,22,26)(H,23,24,27). The third-order valence-corrected chi connectivity index (χ3v) is 4.50. The molecule has 0 bridgehead atoms. The second-order valence-electron chi connectivity index (χ2n) is 5.86. The number of hydrogen-bond donors (Lipinski definition) is 2. The monoisotopic (exact) mass is 432 g/mol. The topological polar surface area (TPSA) is 127 Å². The highest BCUT2D eigenvalue weighted by Gasteiger charge is 2.23. The number of aromatic nitrogens is 2. The molecule has 2 N–H and O–H groups in total. The van der Waals surface area contributed by atoms with Gasteiger partial charge in [0.05, 0.1) is 10.0 Å². The van der Waals surface area contributed by atoms with Crippen LogP contribution < -0.4 is 15.8 Å². The van der Waals surface area contributed by atoms with Crippen LogP contribution in [-0.2, 0) is 0 Å². The van der Waals surface area contributed by atoms with Crippen molar-refractivity contribution in [3.8, 4) is 5.75 Å². The number of aromatic amines is 1. The summed E-state index contributed by atoms with van der Waals surface area (Å²) in [7, 11) is 0. The van der Waals surface area contributed by atoms with Gasteiger partial charge in [0.1, 0.15) is 6.54 Å². The van der Waals surface area contributed by atoms with E-state index in [-0.39, 0.29) is 45.5 Å². The molecule has 1 aliphatic heterocycles. The van der Waals surface area contributed by atoms with E-state index in [0.717, 1.165) is 0 Å². The van der Waals surface area contributed by atoms with E-state index >= 15 is 0 Å². The first-order valence-electron chi connectivity index (χ1n) is 8.13. The van der Waals surface area contributed by atoms with E-state index in [1.165, 1.54) is 12.1 Å². The Kier molecular flexibility index (Phi) is 4.91. The molecule has 146 valence electrons. The number of amides is 1.